The normalized spacial score (nSPS) is 10.2. The van der Waals surface area contributed by atoms with Crippen molar-refractivity contribution in [3.63, 3.8) is 0 Å². The summed E-state index contributed by atoms with van der Waals surface area (Å²) >= 11 is 0. The molecule has 0 aliphatic rings. The Bertz CT molecular complexity index is 186. The van der Waals surface area contributed by atoms with E-state index in [4.69, 9.17) is 4.74 Å². The van der Waals surface area contributed by atoms with Gasteiger partial charge in [-0.05, 0) is 12.0 Å². The first-order chi connectivity index (χ1) is 5.43. The Morgan fingerprint density at radius 3 is 2.55 bits per heavy atom. The van der Waals surface area contributed by atoms with Crippen molar-refractivity contribution in [2.24, 2.45) is 0 Å². The van der Waals surface area contributed by atoms with Crippen LogP contribution >= 0.6 is 0 Å². The summed E-state index contributed by atoms with van der Waals surface area (Å²) in [7, 11) is 1.14. The molecular formula is C9H14OSi. The van der Waals surface area contributed by atoms with Crippen LogP contribution in [0.5, 0.6) is 0 Å². The SMILES string of the molecule is [SiH3]COCCc1ccccc1. The van der Waals surface area contributed by atoms with E-state index in [2.05, 4.69) is 24.3 Å². The zero-order chi connectivity index (χ0) is 7.94. The molecule has 60 valence electrons. The van der Waals surface area contributed by atoms with Gasteiger partial charge in [-0.1, -0.05) is 30.3 Å². The molecular weight excluding hydrogens is 152 g/mol. The molecule has 0 fully saturated rings. The lowest BCUT2D eigenvalue weighted by Crippen LogP contribution is -1.99. The molecule has 0 saturated carbocycles. The molecule has 0 radical (unpaired) electrons. The molecule has 0 bridgehead atoms. The van der Waals surface area contributed by atoms with Gasteiger partial charge in [0.1, 0.15) is 0 Å². The first-order valence-electron chi connectivity index (χ1n) is 4.05. The van der Waals surface area contributed by atoms with Crippen LogP contribution in [0.15, 0.2) is 30.3 Å². The van der Waals surface area contributed by atoms with Crippen LogP contribution in [0.1, 0.15) is 5.56 Å². The summed E-state index contributed by atoms with van der Waals surface area (Å²) < 4.78 is 5.30. The second-order valence-electron chi connectivity index (χ2n) is 2.43. The average Bonchev–Trinajstić information content (AvgIpc) is 2.07. The molecule has 11 heavy (non-hydrogen) atoms. The van der Waals surface area contributed by atoms with Gasteiger partial charge in [-0.15, -0.1) is 0 Å². The van der Waals surface area contributed by atoms with Crippen LogP contribution in [0.4, 0.5) is 0 Å². The fourth-order valence-electron chi connectivity index (χ4n) is 0.979. The highest BCUT2D eigenvalue weighted by Gasteiger charge is 1.89. The fraction of sp³-hybridized carbons (Fsp3) is 0.333. The second kappa shape index (κ2) is 5.10. The van der Waals surface area contributed by atoms with E-state index in [1.54, 1.807) is 0 Å². The van der Waals surface area contributed by atoms with Gasteiger partial charge in [0.2, 0.25) is 0 Å². The molecule has 0 aromatic heterocycles. The van der Waals surface area contributed by atoms with Gasteiger partial charge in [-0.25, -0.2) is 0 Å². The van der Waals surface area contributed by atoms with Crippen molar-refractivity contribution in [3.05, 3.63) is 35.9 Å². The highest BCUT2D eigenvalue weighted by molar-refractivity contribution is 6.08. The van der Waals surface area contributed by atoms with Crippen LogP contribution in [0, 0.1) is 0 Å². The summed E-state index contributed by atoms with van der Waals surface area (Å²) in [6.07, 6.45) is 2.00. The summed E-state index contributed by atoms with van der Waals surface area (Å²) in [5.74, 6) is 0. The van der Waals surface area contributed by atoms with Gasteiger partial charge in [-0.2, -0.15) is 0 Å². The van der Waals surface area contributed by atoms with Crippen molar-refractivity contribution in [2.45, 2.75) is 6.42 Å². The van der Waals surface area contributed by atoms with Gasteiger partial charge in [0.15, 0.2) is 0 Å². The Kier molecular flexibility index (Phi) is 3.94. The minimum absolute atomic E-state index is 0.869. The van der Waals surface area contributed by atoms with Crippen LogP contribution < -0.4 is 0 Å². The molecule has 0 atom stereocenters. The third-order valence-corrected chi connectivity index (χ3v) is 1.99. The predicted molar refractivity (Wildman–Crippen MR) is 50.9 cm³/mol. The number of ether oxygens (including phenoxy) is 1. The second-order valence-corrected chi connectivity index (χ2v) is 3.01. The van der Waals surface area contributed by atoms with E-state index in [9.17, 15) is 0 Å². The van der Waals surface area contributed by atoms with Gasteiger partial charge < -0.3 is 4.74 Å². The van der Waals surface area contributed by atoms with Crippen LogP contribution in [-0.2, 0) is 11.2 Å². The minimum atomic E-state index is 0.869. The average molecular weight is 166 g/mol. The van der Waals surface area contributed by atoms with Crippen molar-refractivity contribution in [3.8, 4) is 0 Å². The van der Waals surface area contributed by atoms with E-state index in [1.807, 2.05) is 6.07 Å². The molecule has 0 aliphatic heterocycles. The standard InChI is InChI=1S/C9H14OSi/c11-8-10-7-6-9-4-2-1-3-5-9/h1-5H,6-8H2,11H3. The summed E-state index contributed by atoms with van der Waals surface area (Å²) in [4.78, 5) is 0. The van der Waals surface area contributed by atoms with Gasteiger partial charge >= 0.3 is 0 Å². The van der Waals surface area contributed by atoms with E-state index < -0.39 is 0 Å². The van der Waals surface area contributed by atoms with E-state index in [0.29, 0.717) is 0 Å². The van der Waals surface area contributed by atoms with E-state index >= 15 is 0 Å². The van der Waals surface area contributed by atoms with Crippen LogP contribution in [-0.4, -0.2) is 23.1 Å². The monoisotopic (exact) mass is 166 g/mol. The quantitative estimate of drug-likeness (QED) is 0.469. The summed E-state index contributed by atoms with van der Waals surface area (Å²) in [5, 5.41) is 0. The van der Waals surface area contributed by atoms with Crippen molar-refractivity contribution in [1.29, 1.82) is 0 Å². The molecule has 0 N–H and O–H groups in total. The molecule has 0 heterocycles. The summed E-state index contributed by atoms with van der Waals surface area (Å²) in [6, 6.07) is 10.4. The van der Waals surface area contributed by atoms with Gasteiger partial charge in [-0.3, -0.25) is 0 Å². The van der Waals surface area contributed by atoms with Gasteiger partial charge in [0.05, 0.1) is 6.61 Å². The Morgan fingerprint density at radius 2 is 1.91 bits per heavy atom. The molecule has 0 amide bonds. The molecule has 0 spiro atoms. The highest BCUT2D eigenvalue weighted by Crippen LogP contribution is 1.98. The number of rotatable bonds is 4. The van der Waals surface area contributed by atoms with E-state index in [0.717, 1.165) is 29.5 Å². The molecule has 1 aromatic rings. The lowest BCUT2D eigenvalue weighted by Gasteiger charge is -2.00. The third kappa shape index (κ3) is 3.35. The molecule has 0 aliphatic carbocycles. The Morgan fingerprint density at radius 1 is 1.18 bits per heavy atom. The molecule has 0 unspecified atom stereocenters. The number of hydrogen-bond acceptors (Lipinski definition) is 1. The van der Waals surface area contributed by atoms with Crippen LogP contribution in [0.25, 0.3) is 0 Å². The summed E-state index contributed by atoms with van der Waals surface area (Å²) in [5.41, 5.74) is 1.36. The Labute approximate surface area is 70.8 Å². The summed E-state index contributed by atoms with van der Waals surface area (Å²) in [6.45, 7) is 0.869. The zero-order valence-corrected chi connectivity index (χ0v) is 8.92. The van der Waals surface area contributed by atoms with Crippen LogP contribution in [0.2, 0.25) is 0 Å². The topological polar surface area (TPSA) is 9.23 Å². The maximum atomic E-state index is 5.30. The fourth-order valence-corrected chi connectivity index (χ4v) is 1.27. The molecule has 1 nitrogen and oxygen atoms in total. The lowest BCUT2D eigenvalue weighted by atomic mass is 10.2. The van der Waals surface area contributed by atoms with Crippen molar-refractivity contribution < 1.29 is 4.74 Å². The maximum Gasteiger partial charge on any atom is 0.0501 e. The smallest absolute Gasteiger partial charge is 0.0501 e. The highest BCUT2D eigenvalue weighted by atomic mass is 28.1. The van der Waals surface area contributed by atoms with Crippen molar-refractivity contribution in [2.75, 3.05) is 12.8 Å². The Hall–Kier alpha value is -0.603. The first-order valence-corrected chi connectivity index (χ1v) is 5.46. The minimum Gasteiger partial charge on any atom is -0.385 e. The number of hydrogen-bond donors (Lipinski definition) is 0. The first kappa shape index (κ1) is 8.49. The third-order valence-electron chi connectivity index (χ3n) is 1.58. The molecule has 0 saturated heterocycles. The largest absolute Gasteiger partial charge is 0.385 e. The molecule has 1 aromatic carbocycles. The van der Waals surface area contributed by atoms with Crippen LogP contribution in [0.3, 0.4) is 0 Å². The Balaban J connectivity index is 2.28. The maximum absolute atomic E-state index is 5.30. The van der Waals surface area contributed by atoms with Gasteiger partial charge in [0.25, 0.3) is 0 Å². The van der Waals surface area contributed by atoms with E-state index in [1.165, 1.54) is 5.56 Å². The van der Waals surface area contributed by atoms with E-state index in [-0.39, 0.29) is 0 Å². The van der Waals surface area contributed by atoms with Crippen molar-refractivity contribution >= 4 is 10.2 Å². The van der Waals surface area contributed by atoms with Crippen molar-refractivity contribution in [1.82, 2.24) is 0 Å². The predicted octanol–water partition coefficient (Wildman–Crippen LogP) is 0.569. The number of benzene rings is 1. The van der Waals surface area contributed by atoms with Gasteiger partial charge in [0, 0.05) is 16.5 Å². The zero-order valence-electron chi connectivity index (χ0n) is 6.92. The molecule has 1 rings (SSSR count). The molecule has 2 heteroatoms. The lowest BCUT2D eigenvalue weighted by molar-refractivity contribution is 0.182.